The highest BCUT2D eigenvalue weighted by atomic mass is 16.5. The molecule has 5 nitrogen and oxygen atoms in total. The summed E-state index contributed by atoms with van der Waals surface area (Å²) >= 11 is 0. The maximum absolute atomic E-state index is 13.8. The van der Waals surface area contributed by atoms with Gasteiger partial charge in [-0.2, -0.15) is 0 Å². The fourth-order valence-corrected chi connectivity index (χ4v) is 3.70. The summed E-state index contributed by atoms with van der Waals surface area (Å²) in [5, 5.41) is 11.1. The molecule has 0 bridgehead atoms. The second-order valence-electron chi connectivity index (χ2n) is 8.34. The number of aliphatic hydroxyl groups excluding tert-OH is 1. The minimum absolute atomic E-state index is 0.0444. The molecule has 0 aliphatic heterocycles. The zero-order chi connectivity index (χ0) is 23.3. The molecule has 0 aromatic heterocycles. The number of rotatable bonds is 7. The van der Waals surface area contributed by atoms with Crippen LogP contribution in [0.15, 0.2) is 58.7 Å². The largest absolute Gasteiger partial charge is 0.506 e. The highest BCUT2D eigenvalue weighted by Gasteiger charge is 2.46. The molecule has 5 heteroatoms. The third-order valence-corrected chi connectivity index (χ3v) is 5.61. The molecule has 0 amide bonds. The van der Waals surface area contributed by atoms with E-state index in [0.717, 1.165) is 11.1 Å². The molecule has 1 aromatic rings. The van der Waals surface area contributed by atoms with Crippen molar-refractivity contribution in [3.05, 3.63) is 69.8 Å². The van der Waals surface area contributed by atoms with E-state index in [1.807, 2.05) is 39.8 Å². The second kappa shape index (κ2) is 9.73. The molecule has 0 saturated carbocycles. The Hall–Kier alpha value is -3.21. The number of hydrogen-bond donors (Lipinski definition) is 1. The van der Waals surface area contributed by atoms with Gasteiger partial charge >= 0.3 is 0 Å². The van der Waals surface area contributed by atoms with E-state index in [4.69, 9.17) is 4.74 Å². The van der Waals surface area contributed by atoms with Crippen molar-refractivity contribution in [1.82, 2.24) is 0 Å². The summed E-state index contributed by atoms with van der Waals surface area (Å²) in [7, 11) is 1.40. The van der Waals surface area contributed by atoms with Crippen molar-refractivity contribution in [1.29, 1.82) is 0 Å². The molecular formula is C26H30O5. The Kier molecular flexibility index (Phi) is 7.55. The van der Waals surface area contributed by atoms with Crippen LogP contribution in [0.1, 0.15) is 63.4 Å². The first-order chi connectivity index (χ1) is 14.6. The summed E-state index contributed by atoms with van der Waals surface area (Å²) < 4.78 is 5.29. The number of ketones is 2. The highest BCUT2D eigenvalue weighted by Crippen LogP contribution is 2.45. The Morgan fingerprint density at radius 3 is 2.13 bits per heavy atom. The van der Waals surface area contributed by atoms with Crippen molar-refractivity contribution in [2.45, 2.75) is 47.5 Å². The van der Waals surface area contributed by atoms with Gasteiger partial charge < -0.3 is 9.84 Å². The van der Waals surface area contributed by atoms with Crippen LogP contribution in [0.4, 0.5) is 0 Å². The molecule has 0 unspecified atom stereocenters. The number of carbonyl (C=O) groups is 3. The van der Waals surface area contributed by atoms with E-state index < -0.39 is 22.7 Å². The van der Waals surface area contributed by atoms with Gasteiger partial charge in [0.25, 0.3) is 0 Å². The number of aliphatic hydroxyl groups is 1. The van der Waals surface area contributed by atoms with Crippen molar-refractivity contribution in [3.8, 4) is 5.75 Å². The molecule has 1 N–H and O–H groups in total. The first kappa shape index (κ1) is 24.1. The normalized spacial score (nSPS) is 16.9. The predicted molar refractivity (Wildman–Crippen MR) is 122 cm³/mol. The molecule has 0 saturated heterocycles. The Morgan fingerprint density at radius 1 is 1.06 bits per heavy atom. The lowest BCUT2D eigenvalue weighted by Crippen LogP contribution is -2.39. The first-order valence-electron chi connectivity index (χ1n) is 10.2. The SMILES string of the molecule is COc1cccc(C=O)c1/C(O)=C1\C(=O)C=C(C)C(CC=C(C)C)(CC=C(C)C)C1=O. The minimum Gasteiger partial charge on any atom is -0.506 e. The molecule has 0 spiro atoms. The number of methoxy groups -OCH3 is 1. The molecule has 0 heterocycles. The van der Waals surface area contributed by atoms with Crippen molar-refractivity contribution >= 4 is 23.6 Å². The molecular weight excluding hydrogens is 392 g/mol. The van der Waals surface area contributed by atoms with Crippen molar-refractivity contribution in [3.63, 3.8) is 0 Å². The van der Waals surface area contributed by atoms with Gasteiger partial charge in [-0.3, -0.25) is 14.4 Å². The van der Waals surface area contributed by atoms with Crippen LogP contribution in [0.3, 0.4) is 0 Å². The first-order valence-corrected chi connectivity index (χ1v) is 10.2. The average Bonchev–Trinajstić information content (AvgIpc) is 2.72. The van der Waals surface area contributed by atoms with Gasteiger partial charge in [-0.1, -0.05) is 41.0 Å². The number of hydrogen-bond acceptors (Lipinski definition) is 5. The summed E-state index contributed by atoms with van der Waals surface area (Å²) in [4.78, 5) is 38.4. The molecule has 1 aromatic carbocycles. The van der Waals surface area contributed by atoms with Crippen LogP contribution in [0.5, 0.6) is 5.75 Å². The minimum atomic E-state index is -0.991. The van der Waals surface area contributed by atoms with Crippen LogP contribution >= 0.6 is 0 Å². The lowest BCUT2D eigenvalue weighted by Gasteiger charge is -2.36. The van der Waals surface area contributed by atoms with Crippen LogP contribution in [0, 0.1) is 5.41 Å². The maximum Gasteiger partial charge on any atom is 0.193 e. The van der Waals surface area contributed by atoms with Crippen LogP contribution in [-0.2, 0) is 9.59 Å². The standard InChI is InChI=1S/C26H30O5/c1-16(2)10-12-26(13-11-17(3)4)18(5)14-20(28)23(25(26)30)24(29)22-19(15-27)8-7-9-21(22)31-6/h7-11,14-15,29H,12-13H2,1-6H3/b24-23-. The topological polar surface area (TPSA) is 80.7 Å². The molecule has 31 heavy (non-hydrogen) atoms. The average molecular weight is 423 g/mol. The van der Waals surface area contributed by atoms with E-state index >= 15 is 0 Å². The van der Waals surface area contributed by atoms with E-state index in [-0.39, 0.29) is 22.4 Å². The van der Waals surface area contributed by atoms with Crippen LogP contribution in [0.2, 0.25) is 0 Å². The number of ether oxygens (including phenoxy) is 1. The van der Waals surface area contributed by atoms with Crippen LogP contribution in [-0.4, -0.2) is 30.1 Å². The van der Waals surface area contributed by atoms with Crippen molar-refractivity contribution in [2.24, 2.45) is 5.41 Å². The Labute approximate surface area is 183 Å². The summed E-state index contributed by atoms with van der Waals surface area (Å²) in [6.45, 7) is 9.58. The Bertz CT molecular complexity index is 1010. The van der Waals surface area contributed by atoms with Gasteiger partial charge in [-0.05, 0) is 59.6 Å². The summed E-state index contributed by atoms with van der Waals surface area (Å²) in [5.41, 5.74) is 1.63. The summed E-state index contributed by atoms with van der Waals surface area (Å²) in [6, 6.07) is 4.67. The third kappa shape index (κ3) is 4.76. The van der Waals surface area contributed by atoms with E-state index in [1.54, 1.807) is 19.1 Å². The molecule has 1 aliphatic rings. The van der Waals surface area contributed by atoms with Gasteiger partial charge in [0.1, 0.15) is 17.1 Å². The smallest absolute Gasteiger partial charge is 0.193 e. The zero-order valence-corrected chi connectivity index (χ0v) is 19.0. The predicted octanol–water partition coefficient (Wildman–Crippen LogP) is 5.57. The summed E-state index contributed by atoms with van der Waals surface area (Å²) in [6.07, 6.45) is 6.72. The lowest BCUT2D eigenvalue weighted by molar-refractivity contribution is -0.126. The number of Topliss-reactive ketones (excluding diaryl/α,β-unsaturated/α-hetero) is 1. The van der Waals surface area contributed by atoms with E-state index in [9.17, 15) is 19.5 Å². The van der Waals surface area contributed by atoms with E-state index in [0.29, 0.717) is 24.7 Å². The molecule has 0 radical (unpaired) electrons. The van der Waals surface area contributed by atoms with Gasteiger partial charge in [-0.15, -0.1) is 0 Å². The molecule has 0 atom stereocenters. The van der Waals surface area contributed by atoms with Gasteiger partial charge in [0.2, 0.25) is 0 Å². The zero-order valence-electron chi connectivity index (χ0n) is 19.0. The molecule has 164 valence electrons. The maximum atomic E-state index is 13.8. The van der Waals surface area contributed by atoms with Gasteiger partial charge in [-0.25, -0.2) is 0 Å². The van der Waals surface area contributed by atoms with Crippen LogP contribution in [0.25, 0.3) is 5.76 Å². The number of aldehydes is 1. The van der Waals surface area contributed by atoms with E-state index in [1.165, 1.54) is 19.3 Å². The van der Waals surface area contributed by atoms with Gasteiger partial charge in [0, 0.05) is 5.56 Å². The second-order valence-corrected chi connectivity index (χ2v) is 8.34. The number of carbonyl (C=O) groups excluding carboxylic acids is 3. The van der Waals surface area contributed by atoms with Crippen molar-refractivity contribution in [2.75, 3.05) is 7.11 Å². The van der Waals surface area contributed by atoms with Gasteiger partial charge in [0.05, 0.1) is 18.1 Å². The quantitative estimate of drug-likeness (QED) is 0.204. The molecule has 1 aliphatic carbocycles. The van der Waals surface area contributed by atoms with Gasteiger partial charge in [0.15, 0.2) is 17.9 Å². The number of benzene rings is 1. The summed E-state index contributed by atoms with van der Waals surface area (Å²) in [5.74, 6) is -1.35. The van der Waals surface area contributed by atoms with E-state index in [2.05, 4.69) is 0 Å². The Morgan fingerprint density at radius 2 is 1.65 bits per heavy atom. The van der Waals surface area contributed by atoms with Crippen molar-refractivity contribution < 1.29 is 24.2 Å². The monoisotopic (exact) mass is 422 g/mol. The molecule has 2 rings (SSSR count). The Balaban J connectivity index is 2.83. The fourth-order valence-electron chi connectivity index (χ4n) is 3.70. The lowest BCUT2D eigenvalue weighted by atomic mass is 9.65. The highest BCUT2D eigenvalue weighted by molar-refractivity contribution is 6.32. The van der Waals surface area contributed by atoms with Crippen LogP contribution < -0.4 is 4.74 Å². The number of allylic oxidation sites excluding steroid dienone is 7. The fraction of sp³-hybridized carbons (Fsp3) is 0.346. The molecule has 0 fully saturated rings. The third-order valence-electron chi connectivity index (χ3n) is 5.61.